The van der Waals surface area contributed by atoms with Crippen molar-refractivity contribution in [2.75, 3.05) is 26.2 Å². The van der Waals surface area contributed by atoms with Crippen molar-refractivity contribution in [3.8, 4) is 11.6 Å². The van der Waals surface area contributed by atoms with Crippen molar-refractivity contribution in [2.45, 2.75) is 6.92 Å². The molecule has 8 heteroatoms. The highest BCUT2D eigenvalue weighted by Gasteiger charge is 2.23. The maximum atomic E-state index is 12.8. The molecule has 2 aromatic carbocycles. The minimum absolute atomic E-state index is 0.0214. The molecule has 2 heterocycles. The summed E-state index contributed by atoms with van der Waals surface area (Å²) < 4.78 is 5.87. The Bertz CT molecular complexity index is 1130. The first-order chi connectivity index (χ1) is 14.0. The van der Waals surface area contributed by atoms with E-state index in [-0.39, 0.29) is 23.3 Å². The molecule has 1 N–H and O–H groups in total. The fourth-order valence-corrected chi connectivity index (χ4v) is 3.38. The van der Waals surface area contributed by atoms with Gasteiger partial charge in [0.15, 0.2) is 0 Å². The number of ether oxygens (including phenoxy) is 1. The van der Waals surface area contributed by atoms with Crippen molar-refractivity contribution in [3.63, 3.8) is 0 Å². The van der Waals surface area contributed by atoms with Gasteiger partial charge in [-0.3, -0.25) is 14.4 Å². The molecule has 1 aromatic heterocycles. The van der Waals surface area contributed by atoms with Gasteiger partial charge < -0.3 is 14.5 Å². The summed E-state index contributed by atoms with van der Waals surface area (Å²) in [6.07, 6.45) is 0. The highest BCUT2D eigenvalue weighted by molar-refractivity contribution is 5.95. The van der Waals surface area contributed by atoms with E-state index in [9.17, 15) is 14.4 Å². The number of aromatic amines is 1. The Labute approximate surface area is 166 Å². The van der Waals surface area contributed by atoms with Gasteiger partial charge in [-0.2, -0.15) is 0 Å². The zero-order valence-electron chi connectivity index (χ0n) is 15.9. The summed E-state index contributed by atoms with van der Waals surface area (Å²) in [5.74, 6) is 0.619. The number of fused-ring (bicyclic) bond motifs is 1. The van der Waals surface area contributed by atoms with E-state index in [1.165, 1.54) is 6.92 Å². The van der Waals surface area contributed by atoms with E-state index in [0.29, 0.717) is 48.3 Å². The standard InChI is InChI=1S/C21H20N4O4/c1-14(26)24-9-11-25(12-10-24)21(28)15-5-4-6-16(13-15)29-20-18-8-3-2-7-17(18)19(27)22-23-20/h2-8,13H,9-12H2,1H3,(H,22,27). The van der Waals surface area contributed by atoms with E-state index in [2.05, 4.69) is 10.2 Å². The number of hydrogen-bond donors (Lipinski definition) is 1. The van der Waals surface area contributed by atoms with Crippen LogP contribution in [0.2, 0.25) is 0 Å². The van der Waals surface area contributed by atoms with E-state index >= 15 is 0 Å². The number of benzene rings is 2. The average molecular weight is 392 g/mol. The van der Waals surface area contributed by atoms with Gasteiger partial charge in [0.2, 0.25) is 11.8 Å². The second-order valence-corrected chi connectivity index (χ2v) is 6.83. The number of hydrogen-bond acceptors (Lipinski definition) is 5. The number of nitrogens with one attached hydrogen (secondary N) is 1. The number of piperazine rings is 1. The molecule has 0 spiro atoms. The van der Waals surface area contributed by atoms with E-state index in [1.54, 1.807) is 58.3 Å². The van der Waals surface area contributed by atoms with E-state index in [4.69, 9.17) is 4.74 Å². The van der Waals surface area contributed by atoms with Crippen molar-refractivity contribution >= 4 is 22.6 Å². The van der Waals surface area contributed by atoms with Crippen LogP contribution in [-0.4, -0.2) is 58.0 Å². The quantitative estimate of drug-likeness (QED) is 0.736. The SMILES string of the molecule is CC(=O)N1CCN(C(=O)c2cccc(Oc3n[nH]c(=O)c4ccccc34)c2)CC1. The lowest BCUT2D eigenvalue weighted by atomic mass is 10.1. The van der Waals surface area contributed by atoms with Crippen LogP contribution < -0.4 is 10.3 Å². The van der Waals surface area contributed by atoms with Crippen LogP contribution in [0, 0.1) is 0 Å². The summed E-state index contributed by atoms with van der Waals surface area (Å²) in [7, 11) is 0. The Morgan fingerprint density at radius 2 is 1.66 bits per heavy atom. The first-order valence-electron chi connectivity index (χ1n) is 9.33. The third kappa shape index (κ3) is 3.82. The van der Waals surface area contributed by atoms with Gasteiger partial charge in [-0.15, -0.1) is 5.10 Å². The van der Waals surface area contributed by atoms with Gasteiger partial charge in [0.05, 0.1) is 10.8 Å². The molecule has 0 unspecified atom stereocenters. The maximum absolute atomic E-state index is 12.8. The lowest BCUT2D eigenvalue weighted by Gasteiger charge is -2.34. The third-order valence-corrected chi connectivity index (χ3v) is 4.97. The van der Waals surface area contributed by atoms with Crippen molar-refractivity contribution < 1.29 is 14.3 Å². The van der Waals surface area contributed by atoms with Crippen molar-refractivity contribution in [1.29, 1.82) is 0 Å². The molecule has 0 bridgehead atoms. The summed E-state index contributed by atoms with van der Waals surface area (Å²) in [5, 5.41) is 7.50. The minimum Gasteiger partial charge on any atom is -0.437 e. The van der Waals surface area contributed by atoms with Gasteiger partial charge in [-0.1, -0.05) is 18.2 Å². The smallest absolute Gasteiger partial charge is 0.272 e. The normalized spacial score (nSPS) is 14.1. The van der Waals surface area contributed by atoms with Gasteiger partial charge in [0, 0.05) is 38.7 Å². The summed E-state index contributed by atoms with van der Waals surface area (Å²) >= 11 is 0. The summed E-state index contributed by atoms with van der Waals surface area (Å²) in [6.45, 7) is 3.59. The number of amides is 2. The Balaban J connectivity index is 1.54. The van der Waals surface area contributed by atoms with Crippen LogP contribution in [-0.2, 0) is 4.79 Å². The molecule has 2 amide bonds. The average Bonchev–Trinajstić information content (AvgIpc) is 2.76. The second-order valence-electron chi connectivity index (χ2n) is 6.83. The third-order valence-electron chi connectivity index (χ3n) is 4.97. The Kier molecular flexibility index (Phi) is 4.99. The van der Waals surface area contributed by atoms with Gasteiger partial charge in [-0.05, 0) is 30.3 Å². The molecule has 1 saturated heterocycles. The predicted octanol–water partition coefficient (Wildman–Crippen LogP) is 2.02. The summed E-state index contributed by atoms with van der Waals surface area (Å²) in [4.78, 5) is 39.7. The Morgan fingerprint density at radius 1 is 0.966 bits per heavy atom. The predicted molar refractivity (Wildman–Crippen MR) is 107 cm³/mol. The molecule has 0 radical (unpaired) electrons. The molecule has 0 atom stereocenters. The van der Waals surface area contributed by atoms with Gasteiger partial charge >= 0.3 is 0 Å². The highest BCUT2D eigenvalue weighted by Crippen LogP contribution is 2.26. The maximum Gasteiger partial charge on any atom is 0.272 e. The Morgan fingerprint density at radius 3 is 2.38 bits per heavy atom. The lowest BCUT2D eigenvalue weighted by Crippen LogP contribution is -2.50. The van der Waals surface area contributed by atoms with Gasteiger partial charge in [-0.25, -0.2) is 5.10 Å². The van der Waals surface area contributed by atoms with Crippen LogP contribution in [0.1, 0.15) is 17.3 Å². The van der Waals surface area contributed by atoms with Crippen molar-refractivity contribution in [1.82, 2.24) is 20.0 Å². The molecule has 0 aliphatic carbocycles. The molecule has 1 aliphatic rings. The summed E-state index contributed by atoms with van der Waals surface area (Å²) in [5.41, 5.74) is 0.203. The zero-order valence-corrected chi connectivity index (χ0v) is 15.9. The fraction of sp³-hybridized carbons (Fsp3) is 0.238. The largest absolute Gasteiger partial charge is 0.437 e. The lowest BCUT2D eigenvalue weighted by molar-refractivity contribution is -0.130. The number of carbonyl (C=O) groups excluding carboxylic acids is 2. The van der Waals surface area contributed by atoms with E-state index in [0.717, 1.165) is 0 Å². The van der Waals surface area contributed by atoms with Crippen LogP contribution in [0.3, 0.4) is 0 Å². The molecule has 0 saturated carbocycles. The van der Waals surface area contributed by atoms with Crippen molar-refractivity contribution in [2.24, 2.45) is 0 Å². The molecule has 8 nitrogen and oxygen atoms in total. The zero-order chi connectivity index (χ0) is 20.4. The number of aromatic nitrogens is 2. The number of H-pyrrole nitrogens is 1. The van der Waals surface area contributed by atoms with Gasteiger partial charge in [0.25, 0.3) is 11.5 Å². The molecular weight excluding hydrogens is 372 g/mol. The topological polar surface area (TPSA) is 95.6 Å². The van der Waals surface area contributed by atoms with E-state index in [1.807, 2.05) is 0 Å². The fourth-order valence-electron chi connectivity index (χ4n) is 3.38. The molecule has 1 fully saturated rings. The highest BCUT2D eigenvalue weighted by atomic mass is 16.5. The number of carbonyl (C=O) groups is 2. The van der Waals surface area contributed by atoms with Crippen molar-refractivity contribution in [3.05, 3.63) is 64.4 Å². The van der Waals surface area contributed by atoms with Crippen LogP contribution in [0.25, 0.3) is 10.8 Å². The molecule has 4 rings (SSSR count). The monoisotopic (exact) mass is 392 g/mol. The van der Waals surface area contributed by atoms with Gasteiger partial charge in [0.1, 0.15) is 5.75 Å². The molecule has 1 aliphatic heterocycles. The molecular formula is C21H20N4O4. The number of nitrogens with zero attached hydrogens (tertiary/aromatic N) is 3. The van der Waals surface area contributed by atoms with Crippen LogP contribution in [0.15, 0.2) is 53.3 Å². The molecule has 3 aromatic rings. The molecule has 148 valence electrons. The summed E-state index contributed by atoms with van der Waals surface area (Å²) in [6, 6.07) is 13.9. The van der Waals surface area contributed by atoms with E-state index < -0.39 is 0 Å². The Hall–Kier alpha value is -3.68. The minimum atomic E-state index is -0.290. The first kappa shape index (κ1) is 18.7. The first-order valence-corrected chi connectivity index (χ1v) is 9.33. The second kappa shape index (κ2) is 7.75. The molecule has 29 heavy (non-hydrogen) atoms. The van der Waals surface area contributed by atoms with Crippen LogP contribution >= 0.6 is 0 Å². The van der Waals surface area contributed by atoms with Crippen LogP contribution in [0.5, 0.6) is 11.6 Å². The van der Waals surface area contributed by atoms with Crippen LogP contribution in [0.4, 0.5) is 0 Å². The number of rotatable bonds is 3.